The molecule has 5 heteroatoms. The van der Waals surface area contributed by atoms with E-state index in [4.69, 9.17) is 9.26 Å². The van der Waals surface area contributed by atoms with Crippen molar-refractivity contribution in [2.24, 2.45) is 0 Å². The highest BCUT2D eigenvalue weighted by molar-refractivity contribution is 5.35. The molecular formula is C14H19N3O2. The molecule has 0 bridgehead atoms. The zero-order chi connectivity index (χ0) is 13.9. The maximum Gasteiger partial charge on any atom is 0.321 e. The van der Waals surface area contributed by atoms with Crippen LogP contribution in [0.25, 0.3) is 0 Å². The number of hydrogen-bond donors (Lipinski definition) is 1. The van der Waals surface area contributed by atoms with E-state index >= 15 is 0 Å². The third kappa shape index (κ3) is 3.71. The van der Waals surface area contributed by atoms with E-state index < -0.39 is 0 Å². The first-order valence-electron chi connectivity index (χ1n) is 6.20. The van der Waals surface area contributed by atoms with Gasteiger partial charge in [-0.1, -0.05) is 23.4 Å². The normalized spacial score (nSPS) is 11.4. The van der Waals surface area contributed by atoms with E-state index in [-0.39, 0.29) is 5.54 Å². The lowest BCUT2D eigenvalue weighted by molar-refractivity contribution is 0.406. The van der Waals surface area contributed by atoms with E-state index in [9.17, 15) is 0 Å². The maximum atomic E-state index is 5.30. The average Bonchev–Trinajstić information content (AvgIpc) is 2.75. The first-order valence-corrected chi connectivity index (χ1v) is 6.20. The number of ether oxygens (including phenoxy) is 1. The highest BCUT2D eigenvalue weighted by atomic mass is 16.5. The minimum absolute atomic E-state index is 0.103. The molecule has 1 aromatic heterocycles. The third-order valence-electron chi connectivity index (χ3n) is 2.49. The quantitative estimate of drug-likeness (QED) is 0.917. The summed E-state index contributed by atoms with van der Waals surface area (Å²) in [7, 11) is 1.65. The van der Waals surface area contributed by atoms with Crippen LogP contribution in [0.1, 0.15) is 32.2 Å². The molecule has 0 aliphatic rings. The first-order chi connectivity index (χ1) is 8.98. The zero-order valence-corrected chi connectivity index (χ0v) is 11.7. The molecule has 0 saturated heterocycles. The van der Waals surface area contributed by atoms with Crippen molar-refractivity contribution < 1.29 is 9.26 Å². The molecule has 2 aromatic rings. The monoisotopic (exact) mass is 261 g/mol. The van der Waals surface area contributed by atoms with Gasteiger partial charge in [-0.2, -0.15) is 4.98 Å². The molecule has 0 spiro atoms. The standard InChI is InChI=1S/C14H19N3O2/c1-14(2,3)16-13-15-12(17-19-13)9-10-7-5-6-8-11(10)18-4/h5-8H,9H2,1-4H3,(H,15,16,17). The van der Waals surface area contributed by atoms with E-state index in [1.165, 1.54) is 0 Å². The molecule has 1 N–H and O–H groups in total. The molecular weight excluding hydrogens is 242 g/mol. The summed E-state index contributed by atoms with van der Waals surface area (Å²) in [4.78, 5) is 4.32. The Morgan fingerprint density at radius 2 is 2.00 bits per heavy atom. The number of rotatable bonds is 4. The van der Waals surface area contributed by atoms with Gasteiger partial charge in [0.25, 0.3) is 0 Å². The molecule has 0 saturated carbocycles. The lowest BCUT2D eigenvalue weighted by Gasteiger charge is -2.17. The molecule has 0 aliphatic heterocycles. The van der Waals surface area contributed by atoms with Gasteiger partial charge in [-0.3, -0.25) is 0 Å². The SMILES string of the molecule is COc1ccccc1Cc1noc(NC(C)(C)C)n1. The van der Waals surface area contributed by atoms with Crippen molar-refractivity contribution in [2.45, 2.75) is 32.7 Å². The Kier molecular flexibility index (Phi) is 3.74. The fourth-order valence-electron chi connectivity index (χ4n) is 1.72. The number of hydrogen-bond acceptors (Lipinski definition) is 5. The Bertz CT molecular complexity index is 544. The Balaban J connectivity index is 2.12. The van der Waals surface area contributed by atoms with Crippen LogP contribution in [0.2, 0.25) is 0 Å². The Labute approximate surface area is 113 Å². The van der Waals surface area contributed by atoms with Crippen molar-refractivity contribution in [3.63, 3.8) is 0 Å². The number of nitrogens with zero attached hydrogens (tertiary/aromatic N) is 2. The van der Waals surface area contributed by atoms with Crippen molar-refractivity contribution in [3.8, 4) is 5.75 Å². The van der Waals surface area contributed by atoms with E-state index in [0.29, 0.717) is 18.3 Å². The molecule has 0 unspecified atom stereocenters. The highest BCUT2D eigenvalue weighted by Crippen LogP contribution is 2.20. The van der Waals surface area contributed by atoms with Crippen LogP contribution in [-0.2, 0) is 6.42 Å². The number of anilines is 1. The molecule has 5 nitrogen and oxygen atoms in total. The lowest BCUT2D eigenvalue weighted by Crippen LogP contribution is -2.26. The molecule has 1 aromatic carbocycles. The fourth-order valence-corrected chi connectivity index (χ4v) is 1.72. The summed E-state index contributed by atoms with van der Waals surface area (Å²) in [6.07, 6.45) is 0.583. The summed E-state index contributed by atoms with van der Waals surface area (Å²) in [6.45, 7) is 6.12. The van der Waals surface area contributed by atoms with Crippen LogP contribution < -0.4 is 10.1 Å². The summed E-state index contributed by atoms with van der Waals surface area (Å²) in [5.41, 5.74) is 0.932. The zero-order valence-electron chi connectivity index (χ0n) is 11.7. The van der Waals surface area contributed by atoms with Gasteiger partial charge in [0, 0.05) is 17.5 Å². The average molecular weight is 261 g/mol. The molecule has 102 valence electrons. The highest BCUT2D eigenvalue weighted by Gasteiger charge is 2.15. The second-order valence-electron chi connectivity index (χ2n) is 5.38. The predicted octanol–water partition coefficient (Wildman–Crippen LogP) is 2.88. The predicted molar refractivity (Wildman–Crippen MR) is 73.5 cm³/mol. The van der Waals surface area contributed by atoms with Gasteiger partial charge >= 0.3 is 6.01 Å². The topological polar surface area (TPSA) is 60.2 Å². The molecule has 0 aliphatic carbocycles. The van der Waals surface area contributed by atoms with Crippen LogP contribution in [0, 0.1) is 0 Å². The van der Waals surface area contributed by atoms with Gasteiger partial charge < -0.3 is 14.6 Å². The van der Waals surface area contributed by atoms with E-state index in [2.05, 4.69) is 15.5 Å². The van der Waals surface area contributed by atoms with Crippen LogP contribution in [0.15, 0.2) is 28.8 Å². The second kappa shape index (κ2) is 5.30. The molecule has 0 fully saturated rings. The number of aromatic nitrogens is 2. The lowest BCUT2D eigenvalue weighted by atomic mass is 10.1. The van der Waals surface area contributed by atoms with Crippen LogP contribution in [0.4, 0.5) is 6.01 Å². The Morgan fingerprint density at radius 3 is 2.68 bits per heavy atom. The molecule has 19 heavy (non-hydrogen) atoms. The second-order valence-corrected chi connectivity index (χ2v) is 5.38. The van der Waals surface area contributed by atoms with Crippen molar-refractivity contribution >= 4 is 6.01 Å². The van der Waals surface area contributed by atoms with Crippen LogP contribution >= 0.6 is 0 Å². The minimum Gasteiger partial charge on any atom is -0.496 e. The van der Waals surface area contributed by atoms with Gasteiger partial charge in [0.2, 0.25) is 0 Å². The van der Waals surface area contributed by atoms with Gasteiger partial charge in [-0.25, -0.2) is 0 Å². The van der Waals surface area contributed by atoms with Gasteiger partial charge in [0.15, 0.2) is 5.82 Å². The summed E-state index contributed by atoms with van der Waals surface area (Å²) < 4.78 is 10.5. The van der Waals surface area contributed by atoms with Gasteiger partial charge in [0.1, 0.15) is 5.75 Å². The van der Waals surface area contributed by atoms with Crippen molar-refractivity contribution in [1.29, 1.82) is 0 Å². The van der Waals surface area contributed by atoms with Crippen molar-refractivity contribution in [2.75, 3.05) is 12.4 Å². The van der Waals surface area contributed by atoms with E-state index in [1.807, 2.05) is 45.0 Å². The molecule has 2 rings (SSSR count). The number of para-hydroxylation sites is 1. The fraction of sp³-hybridized carbons (Fsp3) is 0.429. The largest absolute Gasteiger partial charge is 0.496 e. The van der Waals surface area contributed by atoms with Crippen LogP contribution in [0.3, 0.4) is 0 Å². The van der Waals surface area contributed by atoms with Gasteiger partial charge in [-0.05, 0) is 26.8 Å². The summed E-state index contributed by atoms with van der Waals surface area (Å²) in [5.74, 6) is 1.47. The third-order valence-corrected chi connectivity index (χ3v) is 2.49. The van der Waals surface area contributed by atoms with Crippen LogP contribution in [-0.4, -0.2) is 22.8 Å². The van der Waals surface area contributed by atoms with Gasteiger partial charge in [-0.15, -0.1) is 0 Å². The number of methoxy groups -OCH3 is 1. The van der Waals surface area contributed by atoms with Crippen LogP contribution in [0.5, 0.6) is 5.75 Å². The Morgan fingerprint density at radius 1 is 1.26 bits per heavy atom. The first kappa shape index (κ1) is 13.4. The molecule has 0 radical (unpaired) electrons. The Hall–Kier alpha value is -2.04. The minimum atomic E-state index is -0.103. The molecule has 0 amide bonds. The van der Waals surface area contributed by atoms with Crippen molar-refractivity contribution in [3.05, 3.63) is 35.7 Å². The van der Waals surface area contributed by atoms with E-state index in [0.717, 1.165) is 11.3 Å². The number of benzene rings is 1. The summed E-state index contributed by atoms with van der Waals surface area (Å²) in [5, 5.41) is 7.11. The molecule has 0 atom stereocenters. The summed E-state index contributed by atoms with van der Waals surface area (Å²) in [6, 6.07) is 8.25. The summed E-state index contributed by atoms with van der Waals surface area (Å²) >= 11 is 0. The molecule has 1 heterocycles. The smallest absolute Gasteiger partial charge is 0.321 e. The van der Waals surface area contributed by atoms with Crippen molar-refractivity contribution in [1.82, 2.24) is 10.1 Å². The number of nitrogens with one attached hydrogen (secondary N) is 1. The van der Waals surface area contributed by atoms with Gasteiger partial charge in [0.05, 0.1) is 7.11 Å². The maximum absolute atomic E-state index is 5.30. The van der Waals surface area contributed by atoms with E-state index in [1.54, 1.807) is 7.11 Å².